The van der Waals surface area contributed by atoms with Crippen LogP contribution in [0, 0.1) is 24.5 Å². The normalized spacial score (nSPS) is 12.1. The molecule has 2 N–H and O–H groups in total. The minimum Gasteiger partial charge on any atom is -0.462 e. The largest absolute Gasteiger partial charge is 0.462 e. The van der Waals surface area contributed by atoms with E-state index in [-0.39, 0.29) is 11.5 Å². The van der Waals surface area contributed by atoms with Crippen molar-refractivity contribution in [2.24, 2.45) is 7.05 Å². The van der Waals surface area contributed by atoms with E-state index in [4.69, 9.17) is 4.74 Å². The molecule has 6 heteroatoms. The maximum atomic E-state index is 12.4. The highest BCUT2D eigenvalue weighted by atomic mass is 16.5. The molecule has 0 unspecified atom stereocenters. The summed E-state index contributed by atoms with van der Waals surface area (Å²) in [5.41, 5.74) is 2.74. The van der Waals surface area contributed by atoms with Gasteiger partial charge in [0.05, 0.1) is 28.1 Å². The molecule has 0 aliphatic carbocycles. The SMILES string of the molecule is C=c1ccc2[nH]c(=O)c(=Cc3c(C)c(C(=O)OCC)c(C)n3C)c=2[nH]1. The maximum Gasteiger partial charge on any atom is 0.340 e. The Labute approximate surface area is 144 Å². The molecule has 0 atom stereocenters. The fourth-order valence-corrected chi connectivity index (χ4v) is 3.14. The first-order valence-corrected chi connectivity index (χ1v) is 8.09. The average molecular weight is 339 g/mol. The van der Waals surface area contributed by atoms with Crippen LogP contribution in [0.15, 0.2) is 16.9 Å². The molecule has 1 aromatic rings. The van der Waals surface area contributed by atoms with Crippen LogP contribution in [0.1, 0.15) is 34.2 Å². The Balaban J connectivity index is 2.33. The maximum absolute atomic E-state index is 12.4. The number of nitrogens with one attached hydrogen (secondary N) is 2. The molecule has 0 amide bonds. The van der Waals surface area contributed by atoms with Crippen molar-refractivity contribution in [1.29, 1.82) is 0 Å². The Kier molecular flexibility index (Phi) is 4.12. The van der Waals surface area contributed by atoms with Gasteiger partial charge in [0.25, 0.3) is 5.56 Å². The summed E-state index contributed by atoms with van der Waals surface area (Å²) in [5, 5.41) is 2.65. The van der Waals surface area contributed by atoms with E-state index < -0.39 is 0 Å². The van der Waals surface area contributed by atoms with Gasteiger partial charge in [0.15, 0.2) is 0 Å². The van der Waals surface area contributed by atoms with E-state index in [0.29, 0.717) is 28.1 Å². The van der Waals surface area contributed by atoms with Crippen molar-refractivity contribution in [1.82, 2.24) is 14.5 Å². The molecule has 0 bridgehead atoms. The lowest BCUT2D eigenvalue weighted by Gasteiger charge is -2.02. The summed E-state index contributed by atoms with van der Waals surface area (Å²) in [6.07, 6.45) is 1.79. The average Bonchev–Trinajstić information content (AvgIpc) is 2.97. The van der Waals surface area contributed by atoms with Crippen LogP contribution >= 0.6 is 0 Å². The second-order valence-corrected chi connectivity index (χ2v) is 6.03. The fourth-order valence-electron chi connectivity index (χ4n) is 3.14. The van der Waals surface area contributed by atoms with E-state index in [9.17, 15) is 9.59 Å². The number of rotatable bonds is 3. The smallest absolute Gasteiger partial charge is 0.340 e. The number of carbonyl (C=O) groups excluding carboxylic acids is 1. The van der Waals surface area contributed by atoms with Gasteiger partial charge in [0.1, 0.15) is 0 Å². The highest BCUT2D eigenvalue weighted by molar-refractivity contribution is 5.93. The summed E-state index contributed by atoms with van der Waals surface area (Å²) >= 11 is 0. The van der Waals surface area contributed by atoms with Crippen LogP contribution in [0.2, 0.25) is 0 Å². The van der Waals surface area contributed by atoms with Gasteiger partial charge < -0.3 is 19.3 Å². The molecule has 0 aromatic carbocycles. The van der Waals surface area contributed by atoms with Gasteiger partial charge in [-0.25, -0.2) is 4.79 Å². The van der Waals surface area contributed by atoms with E-state index in [1.54, 1.807) is 19.1 Å². The minimum absolute atomic E-state index is 0.187. The molecule has 2 aliphatic rings. The molecule has 6 nitrogen and oxygen atoms in total. The summed E-state index contributed by atoms with van der Waals surface area (Å²) in [4.78, 5) is 30.6. The second-order valence-electron chi connectivity index (χ2n) is 6.03. The number of H-pyrrole nitrogens is 2. The molecular formula is C19H21N3O3. The van der Waals surface area contributed by atoms with Crippen LogP contribution in [0.25, 0.3) is 12.7 Å². The molecule has 0 saturated heterocycles. The first kappa shape index (κ1) is 16.8. The van der Waals surface area contributed by atoms with Crippen molar-refractivity contribution in [3.63, 3.8) is 0 Å². The third-order valence-electron chi connectivity index (χ3n) is 4.51. The third-order valence-corrected chi connectivity index (χ3v) is 4.51. The summed E-state index contributed by atoms with van der Waals surface area (Å²) < 4.78 is 7.05. The molecule has 0 spiro atoms. The summed E-state index contributed by atoms with van der Waals surface area (Å²) in [6, 6.07) is 3.62. The predicted octanol–water partition coefficient (Wildman–Crippen LogP) is 0.799. The molecule has 0 fully saturated rings. The lowest BCUT2D eigenvalue weighted by molar-refractivity contribution is 0.0524. The lowest BCUT2D eigenvalue weighted by atomic mass is 10.1. The number of ether oxygens (including phenoxy) is 1. The van der Waals surface area contributed by atoms with Crippen LogP contribution < -0.4 is 16.1 Å². The van der Waals surface area contributed by atoms with Crippen LogP contribution in [0.5, 0.6) is 0 Å². The number of nitrogens with zero attached hydrogens (tertiary/aromatic N) is 1. The standard InChI is InChI=1S/C19H21N3O3/c1-6-25-19(24)16-11(3)15(22(5)12(16)4)9-13-17-14(21-18(13)23)8-7-10(2)20-17/h7-9,20H,2,6H2,1,3-5H3,(H,21,23). The van der Waals surface area contributed by atoms with E-state index >= 15 is 0 Å². The Morgan fingerprint density at radius 2 is 2.04 bits per heavy atom. The van der Waals surface area contributed by atoms with Crippen molar-refractivity contribution >= 4 is 18.6 Å². The van der Waals surface area contributed by atoms with Crippen LogP contribution in [0.3, 0.4) is 0 Å². The predicted molar refractivity (Wildman–Crippen MR) is 95.9 cm³/mol. The van der Waals surface area contributed by atoms with Gasteiger partial charge in [-0.1, -0.05) is 6.58 Å². The van der Waals surface area contributed by atoms with Gasteiger partial charge in [-0.2, -0.15) is 0 Å². The van der Waals surface area contributed by atoms with Gasteiger partial charge >= 0.3 is 5.97 Å². The Hall–Kier alpha value is -3.02. The Bertz CT molecular complexity index is 1190. The molecule has 2 aliphatic heterocycles. The van der Waals surface area contributed by atoms with Crippen molar-refractivity contribution in [3.05, 3.63) is 66.3 Å². The number of hydrogen-bond acceptors (Lipinski definition) is 3. The zero-order valence-corrected chi connectivity index (χ0v) is 14.8. The van der Waals surface area contributed by atoms with Crippen LogP contribution in [-0.4, -0.2) is 27.1 Å². The van der Waals surface area contributed by atoms with E-state index in [1.807, 2.05) is 31.5 Å². The quantitative estimate of drug-likeness (QED) is 0.693. The number of aromatic amines is 2. The van der Waals surface area contributed by atoms with Gasteiger partial charge in [-0.05, 0) is 44.5 Å². The van der Waals surface area contributed by atoms with Crippen LogP contribution in [-0.2, 0) is 11.8 Å². The second kappa shape index (κ2) is 6.12. The van der Waals surface area contributed by atoms with Crippen LogP contribution in [0.4, 0.5) is 0 Å². The Morgan fingerprint density at radius 3 is 2.72 bits per heavy atom. The number of hydrogen-bond donors (Lipinski definition) is 2. The van der Waals surface area contributed by atoms with Gasteiger partial charge in [0, 0.05) is 23.8 Å². The molecular weight excluding hydrogens is 318 g/mol. The fraction of sp³-hybridized carbons (Fsp3) is 0.263. The summed E-state index contributed by atoms with van der Waals surface area (Å²) in [5.74, 6) is -0.347. The zero-order valence-electron chi connectivity index (χ0n) is 14.8. The first-order valence-electron chi connectivity index (χ1n) is 8.09. The van der Waals surface area contributed by atoms with Crippen molar-refractivity contribution < 1.29 is 9.53 Å². The topological polar surface area (TPSA) is 79.9 Å². The molecule has 3 heterocycles. The molecule has 0 saturated carbocycles. The zero-order chi connectivity index (χ0) is 18.3. The van der Waals surface area contributed by atoms with Crippen molar-refractivity contribution in [2.75, 3.05) is 6.61 Å². The minimum atomic E-state index is -0.347. The number of esters is 1. The molecule has 3 rings (SSSR count). The molecule has 1 aromatic heterocycles. The number of carbonyl (C=O) groups is 1. The van der Waals surface area contributed by atoms with Gasteiger partial charge in [-0.3, -0.25) is 4.79 Å². The van der Waals surface area contributed by atoms with E-state index in [2.05, 4.69) is 16.5 Å². The summed E-state index contributed by atoms with van der Waals surface area (Å²) in [6.45, 7) is 9.70. The van der Waals surface area contributed by atoms with E-state index in [1.165, 1.54) is 0 Å². The highest BCUT2D eigenvalue weighted by Crippen LogP contribution is 2.22. The third kappa shape index (κ3) is 2.69. The highest BCUT2D eigenvalue weighted by Gasteiger charge is 2.21. The summed E-state index contributed by atoms with van der Waals surface area (Å²) in [7, 11) is 1.87. The lowest BCUT2D eigenvalue weighted by Crippen LogP contribution is -2.24. The van der Waals surface area contributed by atoms with Crippen molar-refractivity contribution in [2.45, 2.75) is 20.8 Å². The Morgan fingerprint density at radius 1 is 1.32 bits per heavy atom. The molecule has 0 radical (unpaired) electrons. The van der Waals surface area contributed by atoms with Crippen molar-refractivity contribution in [3.8, 4) is 0 Å². The number of aromatic nitrogens is 3. The molecule has 130 valence electrons. The monoisotopic (exact) mass is 339 g/mol. The van der Waals surface area contributed by atoms with E-state index in [0.717, 1.165) is 22.3 Å². The molecule has 25 heavy (non-hydrogen) atoms. The van der Waals surface area contributed by atoms with Gasteiger partial charge in [-0.15, -0.1) is 0 Å². The first-order chi connectivity index (χ1) is 11.8. The van der Waals surface area contributed by atoms with Gasteiger partial charge in [0.2, 0.25) is 0 Å².